The largest absolute Gasteiger partial charge is 0.176 e. The van der Waals surface area contributed by atoms with E-state index in [1.807, 2.05) is 0 Å². The Morgan fingerprint density at radius 3 is 0.931 bits per heavy atom. The fourth-order valence-corrected chi connectivity index (χ4v) is 16.6. The molecule has 0 saturated heterocycles. The molecule has 0 fully saturated rings. The second-order valence-electron chi connectivity index (χ2n) is 18.1. The van der Waals surface area contributed by atoms with Crippen LogP contribution in [-0.4, -0.2) is 8.07 Å². The van der Waals surface area contributed by atoms with Gasteiger partial charge in [-0.15, -0.1) is 0 Å². The fraction of sp³-hybridized carbons (Fsp3) is 0.298. The summed E-state index contributed by atoms with van der Waals surface area (Å²) in [5.74, 6) is 0.340. The van der Waals surface area contributed by atoms with E-state index in [0.29, 0.717) is 5.92 Å². The van der Waals surface area contributed by atoms with Crippen molar-refractivity contribution in [1.82, 2.24) is 0 Å². The Labute approximate surface area is 351 Å². The Bertz CT molecular complexity index is 2310. The zero-order valence-electron chi connectivity index (χ0n) is 37.6. The molecule has 58 heavy (non-hydrogen) atoms. The summed E-state index contributed by atoms with van der Waals surface area (Å²) in [6, 6.07) is 43.6. The first-order valence-corrected chi connectivity index (χ1v) is 23.5. The van der Waals surface area contributed by atoms with Crippen LogP contribution in [0.15, 0.2) is 131 Å². The van der Waals surface area contributed by atoms with Crippen molar-refractivity contribution >= 4 is 23.6 Å². The van der Waals surface area contributed by atoms with E-state index in [9.17, 15) is 0 Å². The van der Waals surface area contributed by atoms with Crippen molar-refractivity contribution in [2.75, 3.05) is 0 Å². The van der Waals surface area contributed by atoms with Gasteiger partial charge in [0, 0.05) is 0 Å². The number of hydrogen-bond donors (Lipinski definition) is 0. The van der Waals surface area contributed by atoms with Gasteiger partial charge in [0.1, 0.15) is 0 Å². The lowest BCUT2D eigenvalue weighted by Crippen LogP contribution is -2.69. The van der Waals surface area contributed by atoms with Crippen LogP contribution in [0.5, 0.6) is 0 Å². The van der Waals surface area contributed by atoms with Crippen LogP contribution in [-0.2, 0) is 19.3 Å². The van der Waals surface area contributed by atoms with Gasteiger partial charge < -0.3 is 0 Å². The molecular weight excluding hydrogens is 713 g/mol. The minimum atomic E-state index is -2.92. The Morgan fingerprint density at radius 1 is 0.379 bits per heavy atom. The van der Waals surface area contributed by atoms with Crippen LogP contribution in [0.3, 0.4) is 0 Å². The summed E-state index contributed by atoms with van der Waals surface area (Å²) in [6.45, 7) is 30.0. The summed E-state index contributed by atoms with van der Waals surface area (Å²) in [6.07, 6.45) is 2.79. The van der Waals surface area contributed by atoms with Gasteiger partial charge in [0.05, 0.1) is 0 Å². The third-order valence-corrected chi connectivity index (χ3v) is 18.9. The van der Waals surface area contributed by atoms with Crippen LogP contribution >= 0.6 is 0 Å². The highest BCUT2D eigenvalue weighted by Gasteiger charge is 2.48. The smallest absolute Gasteiger partial charge is 0.0636 e. The van der Waals surface area contributed by atoms with Crippen LogP contribution in [0.2, 0.25) is 0 Å². The fourth-order valence-electron chi connectivity index (χ4n) is 10.8. The van der Waals surface area contributed by atoms with E-state index in [4.69, 9.17) is 0 Å². The van der Waals surface area contributed by atoms with Crippen LogP contribution in [0, 0.1) is 68.2 Å². The standard InChI is InChI=1S/C57H64Si/c1-35-23-38(4)54(39(5)24-35)32-48-17-14-20-51(29-48)58(57-46(12)44(10)45(11)47(57)13,52-21-15-18-49(30-52)33-55-40(6)25-36(2)26-41(55)7)53-22-16-19-50(31-53)34-56-42(8)27-37(3)28-43(56)9/h14-31,46H,32-34H2,1-13H3. The zero-order chi connectivity index (χ0) is 41.6. The van der Waals surface area contributed by atoms with E-state index in [1.54, 1.807) is 5.20 Å². The highest BCUT2D eigenvalue weighted by molar-refractivity contribution is 7.16. The second-order valence-corrected chi connectivity index (χ2v) is 21.9. The van der Waals surface area contributed by atoms with Gasteiger partial charge in [-0.25, -0.2) is 0 Å². The van der Waals surface area contributed by atoms with Crippen LogP contribution in [0.25, 0.3) is 0 Å². The maximum absolute atomic E-state index is 2.92. The van der Waals surface area contributed by atoms with E-state index in [1.165, 1.54) is 116 Å². The highest BCUT2D eigenvalue weighted by Crippen LogP contribution is 2.42. The summed E-state index contributed by atoms with van der Waals surface area (Å²) in [7, 11) is -2.92. The van der Waals surface area contributed by atoms with E-state index < -0.39 is 8.07 Å². The van der Waals surface area contributed by atoms with E-state index in [2.05, 4.69) is 199 Å². The van der Waals surface area contributed by atoms with E-state index >= 15 is 0 Å². The molecule has 1 heteroatoms. The Kier molecular flexibility index (Phi) is 11.6. The van der Waals surface area contributed by atoms with Gasteiger partial charge in [-0.1, -0.05) is 149 Å². The SMILES string of the molecule is CC1=C(C)C(C)C([Si](c2cccc(Cc3c(C)cc(C)cc3C)c2)(c2cccc(Cc3c(C)cc(C)cc3C)c2)c2cccc(Cc3c(C)cc(C)cc3C)c2)=C1C. The molecular formula is C57H64Si. The van der Waals surface area contributed by atoms with Crippen LogP contribution < -0.4 is 15.6 Å². The van der Waals surface area contributed by atoms with Gasteiger partial charge in [0.25, 0.3) is 0 Å². The Morgan fingerprint density at radius 2 is 0.672 bits per heavy atom. The molecule has 1 unspecified atom stereocenters. The average molecular weight is 777 g/mol. The molecule has 1 aliphatic carbocycles. The quantitative estimate of drug-likeness (QED) is 0.0960. The predicted molar refractivity (Wildman–Crippen MR) is 255 cm³/mol. The topological polar surface area (TPSA) is 0 Å². The third kappa shape index (κ3) is 7.67. The molecule has 0 radical (unpaired) electrons. The number of hydrogen-bond acceptors (Lipinski definition) is 0. The van der Waals surface area contributed by atoms with Crippen molar-refractivity contribution < 1.29 is 0 Å². The summed E-state index contributed by atoms with van der Waals surface area (Å²) in [5.41, 5.74) is 25.3. The zero-order valence-corrected chi connectivity index (χ0v) is 38.6. The first-order chi connectivity index (χ1) is 27.6. The summed E-state index contributed by atoms with van der Waals surface area (Å²) in [4.78, 5) is 0. The maximum atomic E-state index is 2.61. The molecule has 296 valence electrons. The van der Waals surface area contributed by atoms with Crippen LogP contribution in [0.1, 0.15) is 111 Å². The molecule has 1 aliphatic rings. The van der Waals surface area contributed by atoms with Gasteiger partial charge >= 0.3 is 0 Å². The number of benzene rings is 6. The molecule has 1 atom stereocenters. The minimum absolute atomic E-state index is 0.340. The molecule has 0 amide bonds. The van der Waals surface area contributed by atoms with Gasteiger partial charge in [0.2, 0.25) is 0 Å². The molecule has 0 saturated carbocycles. The van der Waals surface area contributed by atoms with Gasteiger partial charge in [0.15, 0.2) is 8.07 Å². The van der Waals surface area contributed by atoms with Crippen molar-refractivity contribution in [3.05, 3.63) is 215 Å². The Hall–Kier alpha value is -4.98. The molecule has 0 aromatic heterocycles. The molecule has 0 aliphatic heterocycles. The normalized spacial score (nSPS) is 14.5. The summed E-state index contributed by atoms with van der Waals surface area (Å²) in [5, 5.41) is 6.09. The van der Waals surface area contributed by atoms with Crippen LogP contribution in [0.4, 0.5) is 0 Å². The van der Waals surface area contributed by atoms with Gasteiger partial charge in [-0.3, -0.25) is 0 Å². The second kappa shape index (κ2) is 16.3. The first-order valence-electron chi connectivity index (χ1n) is 21.5. The average Bonchev–Trinajstić information content (AvgIpc) is 3.35. The molecule has 0 N–H and O–H groups in total. The van der Waals surface area contributed by atoms with E-state index in [0.717, 1.165) is 19.3 Å². The summed E-state index contributed by atoms with van der Waals surface area (Å²) >= 11 is 0. The van der Waals surface area contributed by atoms with Crippen molar-refractivity contribution in [2.45, 2.75) is 109 Å². The lowest BCUT2D eigenvalue weighted by atomic mass is 9.94. The lowest BCUT2D eigenvalue weighted by Gasteiger charge is -2.39. The number of rotatable bonds is 10. The predicted octanol–water partition coefficient (Wildman–Crippen LogP) is 12.5. The number of aryl methyl sites for hydroxylation is 9. The highest BCUT2D eigenvalue weighted by atomic mass is 28.3. The van der Waals surface area contributed by atoms with Gasteiger partial charge in [-0.2, -0.15) is 0 Å². The summed E-state index contributed by atoms with van der Waals surface area (Å²) < 4.78 is 0. The first kappa shape index (κ1) is 41.2. The lowest BCUT2D eigenvalue weighted by molar-refractivity contribution is 0.851. The Balaban J connectivity index is 1.51. The van der Waals surface area contributed by atoms with Crippen molar-refractivity contribution in [2.24, 2.45) is 5.92 Å². The molecule has 0 heterocycles. The monoisotopic (exact) mass is 776 g/mol. The number of allylic oxidation sites excluding steroid dienone is 4. The van der Waals surface area contributed by atoms with Gasteiger partial charge in [-0.05, 0) is 196 Å². The molecule has 7 rings (SSSR count). The molecule has 6 aromatic carbocycles. The van der Waals surface area contributed by atoms with Crippen molar-refractivity contribution in [1.29, 1.82) is 0 Å². The maximum Gasteiger partial charge on any atom is 0.176 e. The van der Waals surface area contributed by atoms with Crippen molar-refractivity contribution in [3.8, 4) is 0 Å². The molecule has 0 bridgehead atoms. The molecule has 6 aromatic rings. The molecule has 0 spiro atoms. The molecule has 0 nitrogen and oxygen atoms in total. The van der Waals surface area contributed by atoms with E-state index in [-0.39, 0.29) is 0 Å². The minimum Gasteiger partial charge on any atom is -0.0636 e. The third-order valence-electron chi connectivity index (χ3n) is 13.8. The van der Waals surface area contributed by atoms with Crippen molar-refractivity contribution in [3.63, 3.8) is 0 Å².